The summed E-state index contributed by atoms with van der Waals surface area (Å²) in [5.74, 6) is 0.179. The van der Waals surface area contributed by atoms with Gasteiger partial charge in [-0.3, -0.25) is 25.2 Å². The Kier molecular flexibility index (Phi) is 8.41. The number of rotatable bonds is 9. The number of anilines is 1. The van der Waals surface area contributed by atoms with Crippen molar-refractivity contribution in [2.24, 2.45) is 0 Å². The Bertz CT molecular complexity index is 1080. The van der Waals surface area contributed by atoms with Crippen molar-refractivity contribution in [2.75, 3.05) is 18.5 Å². The Hall–Kier alpha value is -4.33. The first-order valence-electron chi connectivity index (χ1n) is 10.5. The van der Waals surface area contributed by atoms with Gasteiger partial charge in [-0.1, -0.05) is 31.2 Å². The van der Waals surface area contributed by atoms with Crippen LogP contribution in [0.15, 0.2) is 78.9 Å². The summed E-state index contributed by atoms with van der Waals surface area (Å²) in [4.78, 5) is 36.1. The summed E-state index contributed by atoms with van der Waals surface area (Å²) in [6.07, 6.45) is 0.363. The van der Waals surface area contributed by atoms with Gasteiger partial charge in [-0.05, 0) is 54.6 Å². The lowest BCUT2D eigenvalue weighted by molar-refractivity contribution is -0.115. The van der Waals surface area contributed by atoms with Crippen molar-refractivity contribution >= 4 is 23.4 Å². The molecule has 3 amide bonds. The topological polar surface area (TPSA) is 106 Å². The van der Waals surface area contributed by atoms with E-state index < -0.39 is 11.8 Å². The molecule has 33 heavy (non-hydrogen) atoms. The SMILES string of the molecule is CCC(=O)Nc1ccc(C(=O)NNC(=O)c2cccc(OCCOc3ccccc3)c2)cc1. The maximum absolute atomic E-state index is 12.4. The van der Waals surface area contributed by atoms with Crippen LogP contribution in [0.2, 0.25) is 0 Å². The summed E-state index contributed by atoms with van der Waals surface area (Å²) in [7, 11) is 0. The van der Waals surface area contributed by atoms with Crippen LogP contribution in [0.3, 0.4) is 0 Å². The summed E-state index contributed by atoms with van der Waals surface area (Å²) in [6.45, 7) is 2.42. The number of nitrogens with one attached hydrogen (secondary N) is 3. The third kappa shape index (κ3) is 7.39. The zero-order chi connectivity index (χ0) is 23.5. The van der Waals surface area contributed by atoms with E-state index in [1.54, 1.807) is 55.5 Å². The van der Waals surface area contributed by atoms with Crippen molar-refractivity contribution in [1.29, 1.82) is 0 Å². The predicted octanol–water partition coefficient (Wildman–Crippen LogP) is 3.57. The van der Waals surface area contributed by atoms with Gasteiger partial charge in [0.25, 0.3) is 11.8 Å². The molecule has 3 aromatic carbocycles. The number of hydrogen-bond donors (Lipinski definition) is 3. The van der Waals surface area contributed by atoms with E-state index in [2.05, 4.69) is 16.2 Å². The lowest BCUT2D eigenvalue weighted by atomic mass is 10.2. The minimum Gasteiger partial charge on any atom is -0.490 e. The third-order valence-electron chi connectivity index (χ3n) is 4.50. The second-order valence-corrected chi connectivity index (χ2v) is 6.93. The highest BCUT2D eigenvalue weighted by Gasteiger charge is 2.10. The Morgan fingerprint density at radius 3 is 1.97 bits per heavy atom. The molecule has 0 radical (unpaired) electrons. The summed E-state index contributed by atoms with van der Waals surface area (Å²) in [6, 6.07) is 22.4. The second kappa shape index (κ2) is 11.9. The molecule has 170 valence electrons. The standard InChI is InChI=1S/C25H25N3O5/c1-2-23(29)26-20-13-11-18(12-14-20)24(30)27-28-25(31)19-7-6-10-22(17-19)33-16-15-32-21-8-4-3-5-9-21/h3-14,17H,2,15-16H2,1H3,(H,26,29)(H,27,30)(H,28,31). The van der Waals surface area contributed by atoms with Gasteiger partial charge in [0.05, 0.1) is 0 Å². The highest BCUT2D eigenvalue weighted by molar-refractivity contribution is 5.99. The molecule has 0 fully saturated rings. The van der Waals surface area contributed by atoms with Gasteiger partial charge in [0.15, 0.2) is 0 Å². The second-order valence-electron chi connectivity index (χ2n) is 6.93. The fraction of sp³-hybridized carbons (Fsp3) is 0.160. The van der Waals surface area contributed by atoms with Crippen molar-refractivity contribution in [1.82, 2.24) is 10.9 Å². The number of carbonyl (C=O) groups is 3. The van der Waals surface area contributed by atoms with E-state index in [-0.39, 0.29) is 5.91 Å². The summed E-state index contributed by atoms with van der Waals surface area (Å²) in [5.41, 5.74) is 6.01. The minimum atomic E-state index is -0.485. The number of ether oxygens (including phenoxy) is 2. The van der Waals surface area contributed by atoms with E-state index in [9.17, 15) is 14.4 Å². The van der Waals surface area contributed by atoms with Gasteiger partial charge in [-0.25, -0.2) is 0 Å². The number of amides is 3. The predicted molar refractivity (Wildman–Crippen MR) is 124 cm³/mol. The summed E-state index contributed by atoms with van der Waals surface area (Å²) in [5, 5.41) is 2.70. The van der Waals surface area contributed by atoms with E-state index in [0.29, 0.717) is 42.2 Å². The maximum Gasteiger partial charge on any atom is 0.269 e. The Morgan fingerprint density at radius 2 is 1.30 bits per heavy atom. The molecule has 0 bridgehead atoms. The van der Waals surface area contributed by atoms with Crippen LogP contribution in [-0.2, 0) is 4.79 Å². The van der Waals surface area contributed by atoms with E-state index >= 15 is 0 Å². The highest BCUT2D eigenvalue weighted by atomic mass is 16.5. The van der Waals surface area contributed by atoms with E-state index in [0.717, 1.165) is 5.75 Å². The van der Waals surface area contributed by atoms with Crippen molar-refractivity contribution < 1.29 is 23.9 Å². The van der Waals surface area contributed by atoms with Gasteiger partial charge in [-0.15, -0.1) is 0 Å². The van der Waals surface area contributed by atoms with Crippen molar-refractivity contribution in [3.63, 3.8) is 0 Å². The number of carbonyl (C=O) groups excluding carboxylic acids is 3. The molecule has 0 aliphatic carbocycles. The van der Waals surface area contributed by atoms with E-state index in [4.69, 9.17) is 9.47 Å². The largest absolute Gasteiger partial charge is 0.490 e. The van der Waals surface area contributed by atoms with Crippen LogP contribution in [0.4, 0.5) is 5.69 Å². The molecule has 0 saturated heterocycles. The molecule has 0 aromatic heterocycles. The number of benzene rings is 3. The molecule has 0 heterocycles. The molecule has 3 rings (SSSR count). The van der Waals surface area contributed by atoms with Crippen molar-refractivity contribution in [2.45, 2.75) is 13.3 Å². The quantitative estimate of drug-likeness (QED) is 0.344. The van der Waals surface area contributed by atoms with E-state index in [1.807, 2.05) is 30.3 Å². The smallest absolute Gasteiger partial charge is 0.269 e. The molecule has 8 heteroatoms. The zero-order valence-electron chi connectivity index (χ0n) is 18.2. The first-order chi connectivity index (χ1) is 16.0. The fourth-order valence-electron chi connectivity index (χ4n) is 2.78. The molecule has 3 aromatic rings. The number of para-hydroxylation sites is 1. The molecule has 0 atom stereocenters. The molecule has 3 N–H and O–H groups in total. The molecular weight excluding hydrogens is 422 g/mol. The summed E-state index contributed by atoms with van der Waals surface area (Å²) < 4.78 is 11.2. The lowest BCUT2D eigenvalue weighted by Crippen LogP contribution is -2.41. The van der Waals surface area contributed by atoms with Gasteiger partial charge < -0.3 is 14.8 Å². The molecule has 0 aliphatic rings. The van der Waals surface area contributed by atoms with Crippen LogP contribution < -0.4 is 25.6 Å². The number of hydrogen-bond acceptors (Lipinski definition) is 5. The Balaban J connectivity index is 1.46. The average Bonchev–Trinajstić information content (AvgIpc) is 2.86. The van der Waals surface area contributed by atoms with Crippen LogP contribution in [-0.4, -0.2) is 30.9 Å². The molecule has 0 aliphatic heterocycles. The molecule has 0 saturated carbocycles. The van der Waals surface area contributed by atoms with Crippen molar-refractivity contribution in [3.8, 4) is 11.5 Å². The first kappa shape index (κ1) is 23.3. The highest BCUT2D eigenvalue weighted by Crippen LogP contribution is 2.14. The Labute approximate surface area is 191 Å². The van der Waals surface area contributed by atoms with Crippen molar-refractivity contribution in [3.05, 3.63) is 90.0 Å². The van der Waals surface area contributed by atoms with Crippen LogP contribution in [0.25, 0.3) is 0 Å². The molecule has 0 spiro atoms. The van der Waals surface area contributed by atoms with Crippen LogP contribution in [0.1, 0.15) is 34.1 Å². The molecule has 8 nitrogen and oxygen atoms in total. The number of hydrazine groups is 1. The van der Waals surface area contributed by atoms with Crippen LogP contribution in [0.5, 0.6) is 11.5 Å². The lowest BCUT2D eigenvalue weighted by Gasteiger charge is -2.11. The van der Waals surface area contributed by atoms with Gasteiger partial charge in [0.2, 0.25) is 5.91 Å². The third-order valence-corrected chi connectivity index (χ3v) is 4.50. The Morgan fingerprint density at radius 1 is 0.697 bits per heavy atom. The maximum atomic E-state index is 12.4. The van der Waals surface area contributed by atoms with E-state index in [1.165, 1.54) is 0 Å². The van der Waals surface area contributed by atoms with Gasteiger partial charge in [0, 0.05) is 23.2 Å². The van der Waals surface area contributed by atoms with Gasteiger partial charge in [0.1, 0.15) is 24.7 Å². The summed E-state index contributed by atoms with van der Waals surface area (Å²) >= 11 is 0. The van der Waals surface area contributed by atoms with Gasteiger partial charge in [-0.2, -0.15) is 0 Å². The average molecular weight is 447 g/mol. The normalized spacial score (nSPS) is 10.1. The van der Waals surface area contributed by atoms with Crippen LogP contribution >= 0.6 is 0 Å². The fourth-order valence-corrected chi connectivity index (χ4v) is 2.78. The first-order valence-corrected chi connectivity index (χ1v) is 10.5. The minimum absolute atomic E-state index is 0.116. The van der Waals surface area contributed by atoms with Gasteiger partial charge >= 0.3 is 0 Å². The van der Waals surface area contributed by atoms with Crippen LogP contribution in [0, 0.1) is 0 Å². The zero-order valence-corrected chi connectivity index (χ0v) is 18.2. The molecular formula is C25H25N3O5. The molecule has 0 unspecified atom stereocenters. The monoisotopic (exact) mass is 447 g/mol.